The molecule has 0 amide bonds. The van der Waals surface area contributed by atoms with Gasteiger partial charge in [-0.15, -0.1) is 0 Å². The van der Waals surface area contributed by atoms with Gasteiger partial charge in [-0.05, 0) is 45.4 Å². The van der Waals surface area contributed by atoms with Gasteiger partial charge in [-0.25, -0.2) is 4.98 Å². The number of nitrogens with two attached hydrogens (primary N) is 2. The highest BCUT2D eigenvalue weighted by molar-refractivity contribution is 5.72. The molecule has 1 fully saturated rings. The first-order valence-corrected chi connectivity index (χ1v) is 10.0. The number of anilines is 1. The molecular weight excluding hydrogens is 328 g/mol. The maximum Gasteiger partial charge on any atom is 0.193 e. The molecule has 2 atom stereocenters. The number of hydrazine groups is 1. The molecule has 4 N–H and O–H groups in total. The molecule has 0 spiro atoms. The van der Waals surface area contributed by atoms with E-state index in [-0.39, 0.29) is 6.10 Å². The lowest BCUT2D eigenvalue weighted by Gasteiger charge is -2.42. The van der Waals surface area contributed by atoms with Crippen LogP contribution in [0.3, 0.4) is 0 Å². The molecule has 0 bridgehead atoms. The zero-order valence-electron chi connectivity index (χ0n) is 16.4. The number of fused-ring (bicyclic) bond motifs is 1. The van der Waals surface area contributed by atoms with Crippen molar-refractivity contribution >= 4 is 11.5 Å². The van der Waals surface area contributed by atoms with Crippen LogP contribution >= 0.6 is 0 Å². The van der Waals surface area contributed by atoms with Gasteiger partial charge in [-0.2, -0.15) is 4.73 Å². The van der Waals surface area contributed by atoms with Gasteiger partial charge in [0.15, 0.2) is 5.82 Å². The minimum Gasteiger partial charge on any atom is -0.408 e. The highest BCUT2D eigenvalue weighted by Crippen LogP contribution is 2.33. The Kier molecular flexibility index (Phi) is 5.96. The van der Waals surface area contributed by atoms with Crippen molar-refractivity contribution in [1.82, 2.24) is 14.7 Å². The summed E-state index contributed by atoms with van der Waals surface area (Å²) in [7, 11) is 0. The second-order valence-electron chi connectivity index (χ2n) is 7.87. The van der Waals surface area contributed by atoms with Crippen molar-refractivity contribution in [2.45, 2.75) is 71.4 Å². The van der Waals surface area contributed by atoms with Gasteiger partial charge in [-0.1, -0.05) is 19.8 Å². The summed E-state index contributed by atoms with van der Waals surface area (Å²) in [5.74, 6) is 1.51. The maximum absolute atomic E-state index is 6.31. The molecular formula is C19H34N6O. The molecule has 2 heterocycles. The van der Waals surface area contributed by atoms with Gasteiger partial charge in [0.25, 0.3) is 0 Å². The largest absolute Gasteiger partial charge is 0.408 e. The topological polar surface area (TPSA) is 85.6 Å². The van der Waals surface area contributed by atoms with Crippen molar-refractivity contribution in [2.24, 2.45) is 17.4 Å². The Morgan fingerprint density at radius 1 is 1.35 bits per heavy atom. The second-order valence-corrected chi connectivity index (χ2v) is 7.87. The van der Waals surface area contributed by atoms with Crippen molar-refractivity contribution in [3.63, 3.8) is 0 Å². The van der Waals surface area contributed by atoms with E-state index in [0.29, 0.717) is 17.7 Å². The zero-order valence-corrected chi connectivity index (χ0v) is 16.4. The van der Waals surface area contributed by atoms with Crippen LogP contribution in [0.15, 0.2) is 12.5 Å². The third-order valence-electron chi connectivity index (χ3n) is 5.15. The molecule has 0 unspecified atom stereocenters. The highest BCUT2D eigenvalue weighted by Gasteiger charge is 2.32. The number of nitrogens with zero attached hydrogens (tertiary/aromatic N) is 4. The zero-order chi connectivity index (χ0) is 18.7. The Morgan fingerprint density at radius 3 is 2.85 bits per heavy atom. The van der Waals surface area contributed by atoms with Crippen LogP contribution in [0.25, 0.3) is 5.70 Å². The molecule has 0 aromatic carbocycles. The fourth-order valence-electron chi connectivity index (χ4n) is 3.92. The smallest absolute Gasteiger partial charge is 0.193 e. The number of aromatic nitrogens is 2. The van der Waals surface area contributed by atoms with Crippen molar-refractivity contribution in [1.29, 1.82) is 0 Å². The molecule has 1 saturated carbocycles. The van der Waals surface area contributed by atoms with Gasteiger partial charge in [0.05, 0.1) is 5.70 Å². The van der Waals surface area contributed by atoms with Gasteiger partial charge in [-0.3, -0.25) is 10.0 Å². The number of imidazole rings is 1. The SMILES string of the molecule is CCCCN1C=C(N)c2ncn(OC(C)C)c2N1C[C@H]1CCC[C@H](N)C1. The van der Waals surface area contributed by atoms with Gasteiger partial charge in [0.1, 0.15) is 18.1 Å². The van der Waals surface area contributed by atoms with E-state index in [1.165, 1.54) is 12.8 Å². The summed E-state index contributed by atoms with van der Waals surface area (Å²) < 4.78 is 1.78. The van der Waals surface area contributed by atoms with Crippen LogP contribution in [0.4, 0.5) is 5.82 Å². The molecule has 7 nitrogen and oxygen atoms in total. The summed E-state index contributed by atoms with van der Waals surface area (Å²) in [5, 5.41) is 4.54. The van der Waals surface area contributed by atoms with E-state index in [1.54, 1.807) is 11.1 Å². The predicted octanol–water partition coefficient (Wildman–Crippen LogP) is 2.33. The van der Waals surface area contributed by atoms with Crippen molar-refractivity contribution in [3.8, 4) is 0 Å². The van der Waals surface area contributed by atoms with Gasteiger partial charge in [0.2, 0.25) is 0 Å². The van der Waals surface area contributed by atoms with Crippen LogP contribution in [0.1, 0.15) is 65.0 Å². The Balaban J connectivity index is 1.90. The Bertz CT molecular complexity index is 626. The van der Waals surface area contributed by atoms with Crippen LogP contribution < -0.4 is 21.3 Å². The Labute approximate surface area is 156 Å². The fourth-order valence-corrected chi connectivity index (χ4v) is 3.92. The Hall–Kier alpha value is -1.89. The van der Waals surface area contributed by atoms with E-state index in [0.717, 1.165) is 50.3 Å². The second kappa shape index (κ2) is 8.20. The third kappa shape index (κ3) is 4.09. The number of hydrogen-bond acceptors (Lipinski definition) is 6. The van der Waals surface area contributed by atoms with Crippen LogP contribution in [0, 0.1) is 5.92 Å². The summed E-state index contributed by atoms with van der Waals surface area (Å²) in [6.07, 6.45) is 10.7. The van der Waals surface area contributed by atoms with E-state index in [4.69, 9.17) is 16.3 Å². The molecule has 1 aromatic rings. The van der Waals surface area contributed by atoms with Crippen molar-refractivity contribution in [3.05, 3.63) is 18.2 Å². The van der Waals surface area contributed by atoms with Crippen molar-refractivity contribution in [2.75, 3.05) is 18.1 Å². The number of rotatable bonds is 7. The quantitative estimate of drug-likeness (QED) is 0.774. The van der Waals surface area contributed by atoms with E-state index < -0.39 is 0 Å². The lowest BCUT2D eigenvalue weighted by Crippen LogP contribution is -2.48. The van der Waals surface area contributed by atoms with Gasteiger partial charge in [0, 0.05) is 25.3 Å². The first-order valence-electron chi connectivity index (χ1n) is 10.0. The molecule has 0 radical (unpaired) electrons. The monoisotopic (exact) mass is 362 g/mol. The molecule has 146 valence electrons. The number of hydrogen-bond donors (Lipinski definition) is 2. The summed E-state index contributed by atoms with van der Waals surface area (Å²) >= 11 is 0. The molecule has 2 aliphatic rings. The highest BCUT2D eigenvalue weighted by atomic mass is 16.7. The first kappa shape index (κ1) is 18.9. The average Bonchev–Trinajstić information content (AvgIpc) is 2.99. The van der Waals surface area contributed by atoms with E-state index in [9.17, 15) is 0 Å². The van der Waals surface area contributed by atoms with Gasteiger partial charge < -0.3 is 16.3 Å². The minimum absolute atomic E-state index is 0.0643. The summed E-state index contributed by atoms with van der Waals surface area (Å²) in [6.45, 7) is 8.10. The lowest BCUT2D eigenvalue weighted by molar-refractivity contribution is 0.0582. The summed E-state index contributed by atoms with van der Waals surface area (Å²) in [5.41, 5.74) is 14.0. The first-order chi connectivity index (χ1) is 12.5. The Morgan fingerprint density at radius 2 is 2.15 bits per heavy atom. The van der Waals surface area contributed by atoms with Gasteiger partial charge >= 0.3 is 0 Å². The van der Waals surface area contributed by atoms with E-state index in [1.807, 2.05) is 20.0 Å². The summed E-state index contributed by atoms with van der Waals surface area (Å²) in [6, 6.07) is 0.319. The fraction of sp³-hybridized carbons (Fsp3) is 0.737. The van der Waals surface area contributed by atoms with Crippen LogP contribution in [0.5, 0.6) is 0 Å². The predicted molar refractivity (Wildman–Crippen MR) is 105 cm³/mol. The van der Waals surface area contributed by atoms with Crippen molar-refractivity contribution < 1.29 is 4.84 Å². The molecule has 1 aromatic heterocycles. The molecule has 3 rings (SSSR count). The molecule has 0 saturated heterocycles. The van der Waals surface area contributed by atoms with Crippen LogP contribution in [-0.2, 0) is 0 Å². The third-order valence-corrected chi connectivity index (χ3v) is 5.15. The van der Waals surface area contributed by atoms with Crippen LogP contribution in [0.2, 0.25) is 0 Å². The molecule has 26 heavy (non-hydrogen) atoms. The standard InChI is InChI=1S/C19H34N6O/c1-4-5-9-23-12-17(21)18-19(25(13-22-18)26-14(2)3)24(23)11-15-7-6-8-16(20)10-15/h12-16H,4-11,20-21H2,1-3H3/t15-,16-/m0/s1. The molecule has 1 aliphatic heterocycles. The number of unbranched alkanes of at least 4 members (excludes halogenated alkanes) is 1. The lowest BCUT2D eigenvalue weighted by atomic mass is 9.86. The normalized spacial score (nSPS) is 23.2. The molecule has 1 aliphatic carbocycles. The van der Waals surface area contributed by atoms with Crippen LogP contribution in [-0.4, -0.2) is 40.0 Å². The average molecular weight is 363 g/mol. The van der Waals surface area contributed by atoms with E-state index >= 15 is 0 Å². The maximum atomic E-state index is 6.31. The van der Waals surface area contributed by atoms with E-state index in [2.05, 4.69) is 21.9 Å². The molecule has 7 heteroatoms. The summed E-state index contributed by atoms with van der Waals surface area (Å²) in [4.78, 5) is 10.5. The minimum atomic E-state index is 0.0643.